The van der Waals surface area contributed by atoms with Crippen molar-refractivity contribution in [2.24, 2.45) is 0 Å². The molecule has 1 amide bonds. The number of carbonyl (C=O) groups excluding carboxylic acids is 1. The fourth-order valence-electron chi connectivity index (χ4n) is 4.33. The van der Waals surface area contributed by atoms with Crippen molar-refractivity contribution >= 4 is 5.91 Å². The molecule has 1 heterocycles. The highest BCUT2D eigenvalue weighted by atomic mass is 16.5. The standard InChI is InChI=1S/C27H29NO3/c1-27(2)18-24(22-15-14-21(30-3)16-25(22)31-27)28-26(29)17-23(19-10-6-4-7-11-19)20-12-8-5-9-13-20/h4-16,23-24H,17-18H2,1-3H3,(H,28,29). The van der Waals surface area contributed by atoms with Gasteiger partial charge in [0.25, 0.3) is 0 Å². The van der Waals surface area contributed by atoms with E-state index in [-0.39, 0.29) is 23.5 Å². The summed E-state index contributed by atoms with van der Waals surface area (Å²) in [6.45, 7) is 4.09. The van der Waals surface area contributed by atoms with Gasteiger partial charge in [-0.05, 0) is 37.1 Å². The first-order chi connectivity index (χ1) is 14.9. The van der Waals surface area contributed by atoms with Gasteiger partial charge in [0.15, 0.2) is 0 Å². The van der Waals surface area contributed by atoms with Crippen molar-refractivity contribution in [1.82, 2.24) is 5.32 Å². The number of methoxy groups -OCH3 is 1. The Labute approximate surface area is 184 Å². The smallest absolute Gasteiger partial charge is 0.221 e. The normalized spacial score (nSPS) is 16.8. The maximum atomic E-state index is 13.2. The molecule has 1 aliphatic heterocycles. The molecule has 0 aromatic heterocycles. The van der Waals surface area contributed by atoms with Gasteiger partial charge in [-0.2, -0.15) is 0 Å². The lowest BCUT2D eigenvalue weighted by atomic mass is 9.87. The zero-order chi connectivity index (χ0) is 21.8. The van der Waals surface area contributed by atoms with Crippen LogP contribution in [0.25, 0.3) is 0 Å². The van der Waals surface area contributed by atoms with Crippen molar-refractivity contribution < 1.29 is 14.3 Å². The fraction of sp³-hybridized carbons (Fsp3) is 0.296. The van der Waals surface area contributed by atoms with Crippen molar-refractivity contribution in [2.45, 2.75) is 44.2 Å². The van der Waals surface area contributed by atoms with Crippen LogP contribution in [0.15, 0.2) is 78.9 Å². The van der Waals surface area contributed by atoms with Gasteiger partial charge in [0.2, 0.25) is 5.91 Å². The van der Waals surface area contributed by atoms with E-state index in [1.165, 1.54) is 0 Å². The molecule has 3 aromatic rings. The molecule has 4 rings (SSSR count). The SMILES string of the molecule is COc1ccc2c(c1)OC(C)(C)CC2NC(=O)CC(c1ccccc1)c1ccccc1. The van der Waals surface area contributed by atoms with E-state index in [9.17, 15) is 4.79 Å². The van der Waals surface area contributed by atoms with E-state index in [1.807, 2.05) is 68.4 Å². The van der Waals surface area contributed by atoms with Crippen molar-refractivity contribution in [2.75, 3.05) is 7.11 Å². The molecule has 1 N–H and O–H groups in total. The van der Waals surface area contributed by atoms with Gasteiger partial charge in [0.1, 0.15) is 17.1 Å². The zero-order valence-electron chi connectivity index (χ0n) is 18.3. The second-order valence-corrected chi connectivity index (χ2v) is 8.67. The van der Waals surface area contributed by atoms with Crippen molar-refractivity contribution in [3.63, 3.8) is 0 Å². The molecule has 1 aliphatic rings. The second-order valence-electron chi connectivity index (χ2n) is 8.67. The molecule has 1 unspecified atom stereocenters. The van der Waals surface area contributed by atoms with Crippen molar-refractivity contribution in [3.8, 4) is 11.5 Å². The highest BCUT2D eigenvalue weighted by Crippen LogP contribution is 2.41. The van der Waals surface area contributed by atoms with E-state index in [4.69, 9.17) is 9.47 Å². The lowest BCUT2D eigenvalue weighted by molar-refractivity contribution is -0.122. The number of nitrogens with one attached hydrogen (secondary N) is 1. The predicted octanol–water partition coefficient (Wildman–Crippen LogP) is 5.64. The molecule has 0 aliphatic carbocycles. The van der Waals surface area contributed by atoms with Gasteiger partial charge in [-0.1, -0.05) is 60.7 Å². The average Bonchev–Trinajstić information content (AvgIpc) is 2.77. The van der Waals surface area contributed by atoms with Gasteiger partial charge in [-0.3, -0.25) is 4.79 Å². The molecule has 0 saturated heterocycles. The van der Waals surface area contributed by atoms with Crippen LogP contribution in [0, 0.1) is 0 Å². The minimum absolute atomic E-state index is 0.00517. The molecule has 4 heteroatoms. The topological polar surface area (TPSA) is 47.6 Å². The van der Waals surface area contributed by atoms with Crippen LogP contribution in [-0.4, -0.2) is 18.6 Å². The van der Waals surface area contributed by atoms with Crippen LogP contribution < -0.4 is 14.8 Å². The number of amides is 1. The molecular weight excluding hydrogens is 386 g/mol. The lowest BCUT2D eigenvalue weighted by Crippen LogP contribution is -2.41. The van der Waals surface area contributed by atoms with Gasteiger partial charge < -0.3 is 14.8 Å². The van der Waals surface area contributed by atoms with Crippen molar-refractivity contribution in [3.05, 3.63) is 95.6 Å². The summed E-state index contributed by atoms with van der Waals surface area (Å²) in [6, 6.07) is 26.1. The molecule has 3 aromatic carbocycles. The van der Waals surface area contributed by atoms with Gasteiger partial charge in [0.05, 0.1) is 13.2 Å². The van der Waals surface area contributed by atoms with E-state index in [0.29, 0.717) is 12.8 Å². The molecule has 31 heavy (non-hydrogen) atoms. The molecule has 0 bridgehead atoms. The Kier molecular flexibility index (Phi) is 5.99. The zero-order valence-corrected chi connectivity index (χ0v) is 18.3. The van der Waals surface area contributed by atoms with Crippen LogP contribution in [-0.2, 0) is 4.79 Å². The van der Waals surface area contributed by atoms with Crippen LogP contribution in [0.4, 0.5) is 0 Å². The first kappa shape index (κ1) is 21.0. The summed E-state index contributed by atoms with van der Waals surface area (Å²) in [5, 5.41) is 3.28. The van der Waals surface area contributed by atoms with Gasteiger partial charge in [0, 0.05) is 30.4 Å². The molecule has 160 valence electrons. The highest BCUT2D eigenvalue weighted by Gasteiger charge is 2.35. The first-order valence-corrected chi connectivity index (χ1v) is 10.7. The summed E-state index contributed by atoms with van der Waals surface area (Å²) in [5.41, 5.74) is 2.89. The Balaban J connectivity index is 1.57. The second kappa shape index (κ2) is 8.84. The predicted molar refractivity (Wildman–Crippen MR) is 123 cm³/mol. The lowest BCUT2D eigenvalue weighted by Gasteiger charge is -2.38. The molecule has 0 saturated carbocycles. The van der Waals surface area contributed by atoms with Crippen molar-refractivity contribution in [1.29, 1.82) is 0 Å². The summed E-state index contributed by atoms with van der Waals surface area (Å²) < 4.78 is 11.5. The fourth-order valence-corrected chi connectivity index (χ4v) is 4.33. The molecule has 0 radical (unpaired) electrons. The Morgan fingerprint density at radius 1 is 1.03 bits per heavy atom. The molecule has 1 atom stereocenters. The van der Waals surface area contributed by atoms with Crippen LogP contribution in [0.1, 0.15) is 55.3 Å². The number of benzene rings is 3. The van der Waals surface area contributed by atoms with Crippen LogP contribution in [0.5, 0.6) is 11.5 Å². The van der Waals surface area contributed by atoms with Crippen LogP contribution in [0.3, 0.4) is 0 Å². The van der Waals surface area contributed by atoms with E-state index in [0.717, 1.165) is 28.2 Å². The third kappa shape index (κ3) is 4.91. The van der Waals surface area contributed by atoms with Gasteiger partial charge in [-0.25, -0.2) is 0 Å². The summed E-state index contributed by atoms with van der Waals surface area (Å²) >= 11 is 0. The minimum Gasteiger partial charge on any atom is -0.497 e. The third-order valence-electron chi connectivity index (χ3n) is 5.81. The maximum absolute atomic E-state index is 13.2. The summed E-state index contributed by atoms with van der Waals surface area (Å²) in [4.78, 5) is 13.2. The van der Waals surface area contributed by atoms with E-state index >= 15 is 0 Å². The van der Waals surface area contributed by atoms with E-state index < -0.39 is 0 Å². The Morgan fingerprint density at radius 2 is 1.65 bits per heavy atom. The molecule has 4 nitrogen and oxygen atoms in total. The largest absolute Gasteiger partial charge is 0.497 e. The number of rotatable bonds is 6. The van der Waals surface area contributed by atoms with E-state index in [1.54, 1.807) is 7.11 Å². The summed E-state index contributed by atoms with van der Waals surface area (Å²) in [5.74, 6) is 1.55. The number of hydrogen-bond acceptors (Lipinski definition) is 3. The number of fused-ring (bicyclic) bond motifs is 1. The molecule has 0 spiro atoms. The number of ether oxygens (including phenoxy) is 2. The number of carbonyl (C=O) groups is 1. The first-order valence-electron chi connectivity index (χ1n) is 10.7. The quantitative estimate of drug-likeness (QED) is 0.567. The summed E-state index contributed by atoms with van der Waals surface area (Å²) in [7, 11) is 1.64. The average molecular weight is 416 g/mol. The molecular formula is C27H29NO3. The maximum Gasteiger partial charge on any atom is 0.221 e. The summed E-state index contributed by atoms with van der Waals surface area (Å²) in [6.07, 6.45) is 1.09. The van der Waals surface area contributed by atoms with Crippen LogP contribution >= 0.6 is 0 Å². The Hall–Kier alpha value is -3.27. The Morgan fingerprint density at radius 3 is 2.23 bits per heavy atom. The van der Waals surface area contributed by atoms with Gasteiger partial charge in [-0.15, -0.1) is 0 Å². The third-order valence-corrected chi connectivity index (χ3v) is 5.81. The number of hydrogen-bond donors (Lipinski definition) is 1. The van der Waals surface area contributed by atoms with Crippen LogP contribution in [0.2, 0.25) is 0 Å². The highest BCUT2D eigenvalue weighted by molar-refractivity contribution is 5.78. The molecule has 0 fully saturated rings. The Bertz CT molecular complexity index is 991. The monoisotopic (exact) mass is 415 g/mol. The van der Waals surface area contributed by atoms with Gasteiger partial charge >= 0.3 is 0 Å². The minimum atomic E-state index is -0.379. The van der Waals surface area contributed by atoms with E-state index in [2.05, 4.69) is 29.6 Å².